The Morgan fingerprint density at radius 2 is 2.00 bits per heavy atom. The molecule has 164 valence electrons. The van der Waals surface area contributed by atoms with Gasteiger partial charge in [0.15, 0.2) is 0 Å². The minimum Gasteiger partial charge on any atom is -0.356 e. The zero-order valence-electron chi connectivity index (χ0n) is 17.6. The molecule has 1 saturated heterocycles. The molecule has 0 atom stereocenters. The summed E-state index contributed by atoms with van der Waals surface area (Å²) in [6, 6.07) is 3.58. The maximum atomic E-state index is 13.4. The normalized spacial score (nSPS) is 17.6. The number of hydrogen-bond donors (Lipinski definition) is 1. The molecule has 0 aromatic carbocycles. The molecule has 0 saturated carbocycles. The number of halogens is 2. The summed E-state index contributed by atoms with van der Waals surface area (Å²) in [4.78, 5) is 37.4. The van der Waals surface area contributed by atoms with Crippen molar-refractivity contribution in [2.75, 3.05) is 24.5 Å². The Bertz CT molecular complexity index is 1020. The Morgan fingerprint density at radius 1 is 1.26 bits per heavy atom. The molecule has 0 spiro atoms. The highest BCUT2D eigenvalue weighted by Crippen LogP contribution is 2.31. The lowest BCUT2D eigenvalue weighted by Gasteiger charge is -2.33. The van der Waals surface area contributed by atoms with Crippen LogP contribution in [0.1, 0.15) is 57.3 Å². The number of pyridine rings is 2. The molecule has 2 aromatic heterocycles. The van der Waals surface area contributed by atoms with E-state index in [-0.39, 0.29) is 43.4 Å². The number of piperidine rings is 1. The minimum absolute atomic E-state index is 0.150. The van der Waals surface area contributed by atoms with Gasteiger partial charge in [-0.1, -0.05) is 0 Å². The summed E-state index contributed by atoms with van der Waals surface area (Å²) >= 11 is 0. The molecule has 2 aliphatic heterocycles. The first-order valence-electron chi connectivity index (χ1n) is 10.4. The monoisotopic (exact) mass is 429 g/mol. The quantitative estimate of drug-likeness (QED) is 0.791. The third-order valence-electron chi connectivity index (χ3n) is 5.75. The van der Waals surface area contributed by atoms with Crippen molar-refractivity contribution in [1.29, 1.82) is 0 Å². The summed E-state index contributed by atoms with van der Waals surface area (Å²) in [5, 5.41) is 2.73. The third kappa shape index (κ3) is 4.22. The van der Waals surface area contributed by atoms with Gasteiger partial charge in [0.1, 0.15) is 11.5 Å². The second kappa shape index (κ2) is 8.20. The van der Waals surface area contributed by atoms with Crippen molar-refractivity contribution in [1.82, 2.24) is 20.2 Å². The fraction of sp³-hybridized carbons (Fsp3) is 0.455. The zero-order valence-corrected chi connectivity index (χ0v) is 17.6. The predicted octanol–water partition coefficient (Wildman–Crippen LogP) is 2.93. The van der Waals surface area contributed by atoms with Gasteiger partial charge in [-0.05, 0) is 37.1 Å². The average Bonchev–Trinajstić information content (AvgIpc) is 3.04. The topological polar surface area (TPSA) is 78.4 Å². The van der Waals surface area contributed by atoms with E-state index in [0.29, 0.717) is 36.6 Å². The summed E-state index contributed by atoms with van der Waals surface area (Å²) in [6.07, 6.45) is 2.83. The number of amides is 2. The van der Waals surface area contributed by atoms with E-state index in [1.165, 1.54) is 6.20 Å². The van der Waals surface area contributed by atoms with E-state index >= 15 is 0 Å². The lowest BCUT2D eigenvalue weighted by molar-refractivity contribution is -0.0221. The van der Waals surface area contributed by atoms with Gasteiger partial charge in [-0.3, -0.25) is 14.6 Å². The number of fused-ring (bicyclic) bond motifs is 1. The van der Waals surface area contributed by atoms with Crippen LogP contribution in [0, 0.1) is 6.92 Å². The van der Waals surface area contributed by atoms with Gasteiger partial charge in [-0.15, -0.1) is 0 Å². The Labute approximate surface area is 179 Å². The largest absolute Gasteiger partial charge is 0.356 e. The summed E-state index contributed by atoms with van der Waals surface area (Å²) in [7, 11) is 0. The predicted molar refractivity (Wildman–Crippen MR) is 111 cm³/mol. The summed E-state index contributed by atoms with van der Waals surface area (Å²) < 4.78 is 26.9. The number of anilines is 1. The number of aromatic nitrogens is 2. The molecule has 0 unspecified atom stereocenters. The van der Waals surface area contributed by atoms with Crippen LogP contribution < -0.4 is 10.2 Å². The number of aryl methyl sites for hydroxylation is 1. The highest BCUT2D eigenvalue weighted by Gasteiger charge is 2.35. The van der Waals surface area contributed by atoms with E-state index in [0.717, 1.165) is 11.1 Å². The molecule has 1 N–H and O–H groups in total. The molecule has 9 heteroatoms. The van der Waals surface area contributed by atoms with E-state index in [1.807, 2.05) is 24.8 Å². The molecule has 7 nitrogen and oxygen atoms in total. The Hall–Kier alpha value is -3.10. The second-order valence-electron chi connectivity index (χ2n) is 8.03. The molecular formula is C22H25F2N5O2. The van der Waals surface area contributed by atoms with Gasteiger partial charge in [0.2, 0.25) is 0 Å². The molecule has 2 aliphatic rings. The Kier molecular flexibility index (Phi) is 5.60. The van der Waals surface area contributed by atoms with Crippen molar-refractivity contribution in [3.8, 4) is 0 Å². The van der Waals surface area contributed by atoms with E-state index in [4.69, 9.17) is 0 Å². The van der Waals surface area contributed by atoms with Crippen LogP contribution >= 0.6 is 0 Å². The number of nitrogens with zero attached hydrogens (tertiary/aromatic N) is 4. The zero-order chi connectivity index (χ0) is 22.2. The second-order valence-corrected chi connectivity index (χ2v) is 8.03. The van der Waals surface area contributed by atoms with Crippen molar-refractivity contribution in [3.05, 3.63) is 52.5 Å². The molecule has 0 aliphatic carbocycles. The third-order valence-corrected chi connectivity index (χ3v) is 5.75. The fourth-order valence-corrected chi connectivity index (χ4v) is 4.16. The number of carbonyl (C=O) groups is 2. The molecule has 2 amide bonds. The lowest BCUT2D eigenvalue weighted by atomic mass is 10.1. The first-order valence-corrected chi connectivity index (χ1v) is 10.4. The number of hydrogen-bond acceptors (Lipinski definition) is 5. The van der Waals surface area contributed by atoms with Crippen LogP contribution in [0.2, 0.25) is 0 Å². The first-order chi connectivity index (χ1) is 14.8. The number of rotatable bonds is 5. The molecule has 1 fully saturated rings. The van der Waals surface area contributed by atoms with Crippen molar-refractivity contribution >= 4 is 17.6 Å². The average molecular weight is 429 g/mol. The van der Waals surface area contributed by atoms with E-state index < -0.39 is 5.92 Å². The van der Waals surface area contributed by atoms with E-state index in [9.17, 15) is 18.4 Å². The van der Waals surface area contributed by atoms with Crippen molar-refractivity contribution < 1.29 is 18.4 Å². The van der Waals surface area contributed by atoms with Crippen molar-refractivity contribution in [2.45, 2.75) is 45.7 Å². The molecular weight excluding hydrogens is 404 g/mol. The minimum atomic E-state index is -2.60. The number of carbonyl (C=O) groups excluding carboxylic acids is 2. The summed E-state index contributed by atoms with van der Waals surface area (Å²) in [5.41, 5.74) is 3.14. The van der Waals surface area contributed by atoms with E-state index in [1.54, 1.807) is 17.2 Å². The lowest BCUT2D eigenvalue weighted by Crippen LogP contribution is -2.40. The smallest absolute Gasteiger partial charge is 0.270 e. The summed E-state index contributed by atoms with van der Waals surface area (Å²) in [5.74, 6) is -2.33. The van der Waals surface area contributed by atoms with Crippen LogP contribution in [0.25, 0.3) is 0 Å². The molecule has 4 heterocycles. The first kappa shape index (κ1) is 21.1. The van der Waals surface area contributed by atoms with Crippen molar-refractivity contribution in [2.24, 2.45) is 0 Å². The van der Waals surface area contributed by atoms with Crippen LogP contribution in [0.15, 0.2) is 24.5 Å². The van der Waals surface area contributed by atoms with Crippen LogP contribution in [-0.4, -0.2) is 52.2 Å². The number of nitrogens with one attached hydrogen (secondary N) is 1. The molecule has 0 bridgehead atoms. The van der Waals surface area contributed by atoms with Crippen LogP contribution in [0.4, 0.5) is 14.6 Å². The molecule has 2 aromatic rings. The van der Waals surface area contributed by atoms with Gasteiger partial charge in [0, 0.05) is 69.1 Å². The fourth-order valence-electron chi connectivity index (χ4n) is 4.16. The van der Waals surface area contributed by atoms with Crippen LogP contribution in [0.3, 0.4) is 0 Å². The summed E-state index contributed by atoms with van der Waals surface area (Å²) in [6.45, 7) is 5.40. The van der Waals surface area contributed by atoms with Gasteiger partial charge in [0.25, 0.3) is 17.7 Å². The highest BCUT2D eigenvalue weighted by atomic mass is 19.3. The standard InChI is InChI=1S/C22H25F2N5O2/c1-3-25-20(30)18-17-13-29(21(31)16(17)4-7-26-18)12-15-10-14(2)19(27-11-15)28-8-5-22(23,24)6-9-28/h4,7,10-11H,3,5-6,8-9,12-13H2,1-2H3,(H,25,30). The van der Waals surface area contributed by atoms with Gasteiger partial charge in [-0.2, -0.15) is 0 Å². The Balaban J connectivity index is 1.49. The van der Waals surface area contributed by atoms with Gasteiger partial charge in [-0.25, -0.2) is 13.8 Å². The molecule has 0 radical (unpaired) electrons. The van der Waals surface area contributed by atoms with Gasteiger partial charge in [0.05, 0.1) is 0 Å². The highest BCUT2D eigenvalue weighted by molar-refractivity contribution is 6.03. The maximum absolute atomic E-state index is 13.4. The van der Waals surface area contributed by atoms with Gasteiger partial charge < -0.3 is 15.1 Å². The number of alkyl halides is 2. The van der Waals surface area contributed by atoms with Crippen molar-refractivity contribution in [3.63, 3.8) is 0 Å². The van der Waals surface area contributed by atoms with Crippen LogP contribution in [0.5, 0.6) is 0 Å². The SMILES string of the molecule is CCNC(=O)c1nccc2c1CN(Cc1cnc(N3CCC(F)(F)CC3)c(C)c1)C2=O. The van der Waals surface area contributed by atoms with Gasteiger partial charge >= 0.3 is 0 Å². The molecule has 31 heavy (non-hydrogen) atoms. The van der Waals surface area contributed by atoms with E-state index in [2.05, 4.69) is 15.3 Å². The van der Waals surface area contributed by atoms with Crippen LogP contribution in [-0.2, 0) is 13.1 Å². The molecule has 4 rings (SSSR count). The maximum Gasteiger partial charge on any atom is 0.270 e. The Morgan fingerprint density at radius 3 is 2.68 bits per heavy atom.